The van der Waals surface area contributed by atoms with Crippen molar-refractivity contribution < 1.29 is 13.9 Å². The number of nitrogens with zero attached hydrogens (tertiary/aromatic N) is 4. The highest BCUT2D eigenvalue weighted by Crippen LogP contribution is 2.31. The summed E-state index contributed by atoms with van der Waals surface area (Å²) in [5.41, 5.74) is 2.03. The van der Waals surface area contributed by atoms with Crippen LogP contribution in [0.2, 0.25) is 5.02 Å². The highest BCUT2D eigenvalue weighted by Gasteiger charge is 2.13. The van der Waals surface area contributed by atoms with Gasteiger partial charge < -0.3 is 14.8 Å². The third kappa shape index (κ3) is 4.60. The van der Waals surface area contributed by atoms with E-state index in [9.17, 15) is 9.65 Å². The minimum absolute atomic E-state index is 0.00864. The van der Waals surface area contributed by atoms with E-state index in [4.69, 9.17) is 21.1 Å². The third-order valence-electron chi connectivity index (χ3n) is 4.80. The molecule has 1 fully saturated rings. The van der Waals surface area contributed by atoms with E-state index in [1.807, 2.05) is 0 Å². The topological polar surface area (TPSA) is 83.3 Å². The number of anilines is 2. The molecule has 0 spiro atoms. The zero-order valence-corrected chi connectivity index (χ0v) is 16.8. The minimum atomic E-state index is -0.512. The summed E-state index contributed by atoms with van der Waals surface area (Å²) < 4.78 is 24.7. The SMILES string of the molecule is N#Cc1cnc2cnc(OCCN3CCOCC3)cc2c1Nc1ccc(F)c(Cl)c1. The van der Waals surface area contributed by atoms with Gasteiger partial charge in [0, 0.05) is 43.0 Å². The number of pyridine rings is 2. The van der Waals surface area contributed by atoms with Crippen LogP contribution < -0.4 is 10.1 Å². The normalized spacial score (nSPS) is 14.4. The van der Waals surface area contributed by atoms with Gasteiger partial charge in [0.05, 0.1) is 41.2 Å². The first-order valence-electron chi connectivity index (χ1n) is 9.48. The average Bonchev–Trinajstić information content (AvgIpc) is 2.77. The molecule has 0 amide bonds. The van der Waals surface area contributed by atoms with Crippen LogP contribution >= 0.6 is 11.6 Å². The Kier molecular flexibility index (Phi) is 6.23. The molecule has 1 aromatic carbocycles. The van der Waals surface area contributed by atoms with Gasteiger partial charge in [-0.1, -0.05) is 11.6 Å². The van der Waals surface area contributed by atoms with Gasteiger partial charge in [0.25, 0.3) is 0 Å². The second-order valence-electron chi connectivity index (χ2n) is 6.75. The molecule has 0 aliphatic carbocycles. The summed E-state index contributed by atoms with van der Waals surface area (Å²) >= 11 is 5.88. The van der Waals surface area contributed by atoms with Crippen LogP contribution in [0.3, 0.4) is 0 Å². The minimum Gasteiger partial charge on any atom is -0.476 e. The standard InChI is InChI=1S/C21H19ClFN5O2/c22-17-9-15(1-2-18(17)23)27-21-14(11-24)12-25-19-13-26-20(10-16(19)21)30-8-5-28-3-6-29-7-4-28/h1-2,9-10,12-13H,3-8H2,(H,25,27). The molecule has 0 unspecified atom stereocenters. The maximum atomic E-state index is 13.5. The lowest BCUT2D eigenvalue weighted by Gasteiger charge is -2.26. The molecule has 0 atom stereocenters. The Bertz CT molecular complexity index is 1100. The van der Waals surface area contributed by atoms with Crippen LogP contribution in [0.15, 0.2) is 36.7 Å². The van der Waals surface area contributed by atoms with Crippen molar-refractivity contribution in [3.05, 3.63) is 53.1 Å². The first-order chi connectivity index (χ1) is 14.6. The molecule has 2 aromatic heterocycles. The van der Waals surface area contributed by atoms with E-state index < -0.39 is 5.82 Å². The molecular weight excluding hydrogens is 409 g/mol. The van der Waals surface area contributed by atoms with E-state index in [2.05, 4.69) is 26.3 Å². The molecule has 1 aliphatic heterocycles. The number of ether oxygens (including phenoxy) is 2. The predicted molar refractivity (Wildman–Crippen MR) is 112 cm³/mol. The van der Waals surface area contributed by atoms with E-state index in [0.29, 0.717) is 40.3 Å². The van der Waals surface area contributed by atoms with Crippen LogP contribution in [0.1, 0.15) is 5.56 Å². The van der Waals surface area contributed by atoms with Gasteiger partial charge in [-0.2, -0.15) is 5.26 Å². The predicted octanol–water partition coefficient (Wildman–Crippen LogP) is 3.75. The Balaban J connectivity index is 1.58. The Labute approximate surface area is 178 Å². The van der Waals surface area contributed by atoms with Crippen molar-refractivity contribution in [3.63, 3.8) is 0 Å². The van der Waals surface area contributed by atoms with Crippen molar-refractivity contribution in [2.45, 2.75) is 0 Å². The van der Waals surface area contributed by atoms with E-state index in [-0.39, 0.29) is 5.02 Å². The van der Waals surface area contributed by atoms with Crippen molar-refractivity contribution in [2.24, 2.45) is 0 Å². The Morgan fingerprint density at radius 2 is 2.07 bits per heavy atom. The number of fused-ring (bicyclic) bond motifs is 1. The molecule has 1 N–H and O–H groups in total. The van der Waals surface area contributed by atoms with Gasteiger partial charge in [-0.25, -0.2) is 9.37 Å². The fraction of sp³-hybridized carbons (Fsp3) is 0.286. The fourth-order valence-electron chi connectivity index (χ4n) is 3.20. The number of halogens is 2. The highest BCUT2D eigenvalue weighted by molar-refractivity contribution is 6.31. The zero-order chi connectivity index (χ0) is 20.9. The summed E-state index contributed by atoms with van der Waals surface area (Å²) in [5.74, 6) is -0.0738. The molecule has 1 saturated heterocycles. The Morgan fingerprint density at radius 3 is 2.83 bits per heavy atom. The second kappa shape index (κ2) is 9.22. The summed E-state index contributed by atoms with van der Waals surface area (Å²) in [6.45, 7) is 4.51. The second-order valence-corrected chi connectivity index (χ2v) is 7.16. The van der Waals surface area contributed by atoms with Crippen molar-refractivity contribution in [2.75, 3.05) is 44.8 Å². The van der Waals surface area contributed by atoms with Crippen molar-refractivity contribution in [3.8, 4) is 11.9 Å². The molecule has 0 saturated carbocycles. The van der Waals surface area contributed by atoms with Gasteiger partial charge >= 0.3 is 0 Å². The molecule has 7 nitrogen and oxygen atoms in total. The number of rotatable bonds is 6. The summed E-state index contributed by atoms with van der Waals surface area (Å²) in [7, 11) is 0. The highest BCUT2D eigenvalue weighted by atomic mass is 35.5. The first-order valence-corrected chi connectivity index (χ1v) is 9.85. The van der Waals surface area contributed by atoms with Crippen LogP contribution in [-0.2, 0) is 4.74 Å². The lowest BCUT2D eigenvalue weighted by molar-refractivity contribution is 0.0320. The van der Waals surface area contributed by atoms with E-state index in [0.717, 1.165) is 32.8 Å². The lowest BCUT2D eigenvalue weighted by atomic mass is 10.1. The maximum Gasteiger partial charge on any atom is 0.214 e. The average molecular weight is 428 g/mol. The van der Waals surface area contributed by atoms with E-state index in [1.54, 1.807) is 18.3 Å². The van der Waals surface area contributed by atoms with Gasteiger partial charge in [0.15, 0.2) is 0 Å². The van der Waals surface area contributed by atoms with Crippen LogP contribution in [-0.4, -0.2) is 54.3 Å². The van der Waals surface area contributed by atoms with Crippen LogP contribution in [0.25, 0.3) is 10.9 Å². The number of morpholine rings is 1. The summed E-state index contributed by atoms with van der Waals surface area (Å²) in [6.07, 6.45) is 3.07. The van der Waals surface area contributed by atoms with Crippen molar-refractivity contribution in [1.29, 1.82) is 5.26 Å². The van der Waals surface area contributed by atoms with Gasteiger partial charge in [0.2, 0.25) is 5.88 Å². The van der Waals surface area contributed by atoms with Crippen LogP contribution in [0.4, 0.5) is 15.8 Å². The molecule has 3 aromatic rings. The molecule has 0 bridgehead atoms. The molecule has 3 heterocycles. The monoisotopic (exact) mass is 427 g/mol. The zero-order valence-electron chi connectivity index (χ0n) is 16.1. The number of nitrogens with one attached hydrogen (secondary N) is 1. The summed E-state index contributed by atoms with van der Waals surface area (Å²) in [4.78, 5) is 10.9. The fourth-order valence-corrected chi connectivity index (χ4v) is 3.38. The maximum absolute atomic E-state index is 13.5. The van der Waals surface area contributed by atoms with E-state index in [1.165, 1.54) is 18.3 Å². The van der Waals surface area contributed by atoms with E-state index >= 15 is 0 Å². The molecule has 0 radical (unpaired) electrons. The Hall–Kier alpha value is -2.99. The molecule has 154 valence electrons. The smallest absolute Gasteiger partial charge is 0.214 e. The quantitative estimate of drug-likeness (QED) is 0.641. The molecule has 4 rings (SSSR count). The number of hydrogen-bond acceptors (Lipinski definition) is 7. The number of aromatic nitrogens is 2. The summed E-state index contributed by atoms with van der Waals surface area (Å²) in [6, 6.07) is 8.15. The number of hydrogen-bond donors (Lipinski definition) is 1. The number of benzene rings is 1. The molecule has 1 aliphatic rings. The van der Waals surface area contributed by atoms with Gasteiger partial charge in [0.1, 0.15) is 18.5 Å². The molecule has 9 heteroatoms. The third-order valence-corrected chi connectivity index (χ3v) is 5.09. The molecular formula is C21H19ClFN5O2. The summed E-state index contributed by atoms with van der Waals surface area (Å²) in [5, 5.41) is 13.3. The largest absolute Gasteiger partial charge is 0.476 e. The van der Waals surface area contributed by atoms with Gasteiger partial charge in [-0.3, -0.25) is 9.88 Å². The molecule has 30 heavy (non-hydrogen) atoms. The first kappa shape index (κ1) is 20.3. The van der Waals surface area contributed by atoms with Crippen molar-refractivity contribution >= 4 is 33.9 Å². The van der Waals surface area contributed by atoms with Crippen molar-refractivity contribution in [1.82, 2.24) is 14.9 Å². The van der Waals surface area contributed by atoms with Crippen LogP contribution in [0, 0.1) is 17.1 Å². The van der Waals surface area contributed by atoms with Gasteiger partial charge in [-0.15, -0.1) is 0 Å². The Morgan fingerprint density at radius 1 is 1.23 bits per heavy atom. The van der Waals surface area contributed by atoms with Crippen LogP contribution in [0.5, 0.6) is 5.88 Å². The van der Waals surface area contributed by atoms with Gasteiger partial charge in [-0.05, 0) is 18.2 Å². The lowest BCUT2D eigenvalue weighted by Crippen LogP contribution is -2.38. The number of nitriles is 1.